The Labute approximate surface area is 162 Å². The van der Waals surface area contributed by atoms with E-state index in [9.17, 15) is 14.7 Å². The lowest BCUT2D eigenvalue weighted by Crippen LogP contribution is -2.32. The lowest BCUT2D eigenvalue weighted by atomic mass is 9.79. The van der Waals surface area contributed by atoms with Crippen LogP contribution in [0.4, 0.5) is 0 Å². The highest BCUT2D eigenvalue weighted by molar-refractivity contribution is 5.92. The molecule has 3 aromatic rings. The Balaban J connectivity index is 1.83. The number of fused-ring (bicyclic) bond motifs is 5. The van der Waals surface area contributed by atoms with E-state index in [-0.39, 0.29) is 17.0 Å². The van der Waals surface area contributed by atoms with Crippen LogP contribution >= 0.6 is 0 Å². The average molecular weight is 377 g/mol. The molecule has 1 atom stereocenters. The first-order valence-electron chi connectivity index (χ1n) is 9.80. The number of rotatable bonds is 2. The number of benzene rings is 1. The van der Waals surface area contributed by atoms with Crippen LogP contribution in [0.3, 0.4) is 0 Å². The van der Waals surface area contributed by atoms with Crippen molar-refractivity contribution in [1.82, 2.24) is 4.57 Å². The van der Waals surface area contributed by atoms with E-state index in [0.717, 1.165) is 23.0 Å². The molecule has 2 aromatic heterocycles. The molecule has 3 heterocycles. The lowest BCUT2D eigenvalue weighted by Gasteiger charge is -2.37. The van der Waals surface area contributed by atoms with Crippen LogP contribution in [-0.4, -0.2) is 15.6 Å². The van der Waals surface area contributed by atoms with E-state index in [4.69, 9.17) is 4.42 Å². The van der Waals surface area contributed by atoms with E-state index in [2.05, 4.69) is 39.0 Å². The van der Waals surface area contributed by atoms with E-state index >= 15 is 0 Å². The van der Waals surface area contributed by atoms with Crippen LogP contribution in [0.25, 0.3) is 22.4 Å². The molecule has 1 aliphatic heterocycles. The molecule has 0 spiro atoms. The van der Waals surface area contributed by atoms with Crippen molar-refractivity contribution in [3.8, 4) is 11.5 Å². The Hall–Kier alpha value is -2.82. The van der Waals surface area contributed by atoms with Crippen molar-refractivity contribution < 1.29 is 14.3 Å². The second kappa shape index (κ2) is 5.60. The van der Waals surface area contributed by atoms with Crippen LogP contribution < -0.4 is 5.43 Å². The Morgan fingerprint density at radius 1 is 1.25 bits per heavy atom. The number of aromatic carboxylic acids is 1. The summed E-state index contributed by atoms with van der Waals surface area (Å²) in [6, 6.07) is 7.78. The normalized spacial score (nSPS) is 18.8. The quantitative estimate of drug-likeness (QED) is 0.683. The molecule has 0 bridgehead atoms. The van der Waals surface area contributed by atoms with Gasteiger partial charge in [-0.25, -0.2) is 4.79 Å². The highest BCUT2D eigenvalue weighted by Crippen LogP contribution is 2.49. The summed E-state index contributed by atoms with van der Waals surface area (Å²) in [7, 11) is 0. The van der Waals surface area contributed by atoms with Crippen molar-refractivity contribution in [2.45, 2.75) is 52.0 Å². The molecule has 0 radical (unpaired) electrons. The van der Waals surface area contributed by atoms with E-state index in [1.807, 2.05) is 4.57 Å². The molecule has 1 aromatic carbocycles. The van der Waals surface area contributed by atoms with E-state index in [0.29, 0.717) is 17.4 Å². The summed E-state index contributed by atoms with van der Waals surface area (Å²) in [4.78, 5) is 24.0. The standard InChI is InChI=1S/C23H23NO4/c1-23(2,3)19-9-15-14-6-4-5-13(12-7-8-12)20(14)28-21(15)17-10-18(25)16(22(26)27)11-24(17)19/h4-6,10-12,19H,7-9H2,1-3H3,(H,26,27). The fourth-order valence-electron chi connectivity index (χ4n) is 4.48. The van der Waals surface area contributed by atoms with Gasteiger partial charge in [-0.3, -0.25) is 4.79 Å². The predicted molar refractivity (Wildman–Crippen MR) is 107 cm³/mol. The van der Waals surface area contributed by atoms with Crippen molar-refractivity contribution >= 4 is 16.9 Å². The van der Waals surface area contributed by atoms with Gasteiger partial charge in [0.05, 0.1) is 5.69 Å². The summed E-state index contributed by atoms with van der Waals surface area (Å²) in [6.45, 7) is 6.43. The first-order chi connectivity index (χ1) is 13.3. The number of para-hydroxylation sites is 1. The summed E-state index contributed by atoms with van der Waals surface area (Å²) >= 11 is 0. The molecule has 28 heavy (non-hydrogen) atoms. The maximum atomic E-state index is 12.5. The Bertz CT molecular complexity index is 1190. The zero-order valence-corrected chi connectivity index (χ0v) is 16.3. The lowest BCUT2D eigenvalue weighted by molar-refractivity contribution is 0.0693. The third-order valence-corrected chi connectivity index (χ3v) is 6.14. The number of pyridine rings is 1. The molecule has 5 heteroatoms. The fraction of sp³-hybridized carbons (Fsp3) is 0.391. The average Bonchev–Trinajstić information content (AvgIpc) is 3.39. The number of aromatic nitrogens is 1. The first-order valence-corrected chi connectivity index (χ1v) is 9.80. The van der Waals surface area contributed by atoms with Gasteiger partial charge in [0.25, 0.3) is 0 Å². The summed E-state index contributed by atoms with van der Waals surface area (Å²) in [5.41, 5.74) is 3.17. The van der Waals surface area contributed by atoms with Crippen molar-refractivity contribution in [3.63, 3.8) is 0 Å². The van der Waals surface area contributed by atoms with Crippen molar-refractivity contribution in [1.29, 1.82) is 0 Å². The van der Waals surface area contributed by atoms with Gasteiger partial charge >= 0.3 is 5.97 Å². The number of nitrogens with zero attached hydrogens (tertiary/aromatic N) is 1. The SMILES string of the molecule is CC(C)(C)C1Cc2c(oc3c(C4CC4)cccc23)-c2cc(=O)c(C(=O)O)cn21. The van der Waals surface area contributed by atoms with Crippen LogP contribution in [0.15, 0.2) is 39.7 Å². The molecular formula is C23H23NO4. The van der Waals surface area contributed by atoms with Gasteiger partial charge in [-0.15, -0.1) is 0 Å². The number of carboxylic acid groups (broad SMARTS) is 1. The Kier molecular flexibility index (Phi) is 3.46. The highest BCUT2D eigenvalue weighted by Gasteiger charge is 2.37. The van der Waals surface area contributed by atoms with Gasteiger partial charge in [0.2, 0.25) is 0 Å². The number of furan rings is 1. The molecule has 1 fully saturated rings. The highest BCUT2D eigenvalue weighted by atomic mass is 16.4. The van der Waals surface area contributed by atoms with Gasteiger partial charge in [0, 0.05) is 29.3 Å². The smallest absolute Gasteiger partial charge is 0.341 e. The number of hydrogen-bond donors (Lipinski definition) is 1. The minimum absolute atomic E-state index is 0.0269. The summed E-state index contributed by atoms with van der Waals surface area (Å²) in [5, 5.41) is 10.6. The number of carboxylic acids is 1. The molecule has 5 rings (SSSR count). The van der Waals surface area contributed by atoms with Gasteiger partial charge in [0.15, 0.2) is 11.2 Å². The van der Waals surface area contributed by atoms with Crippen molar-refractivity contribution in [2.75, 3.05) is 0 Å². The summed E-state index contributed by atoms with van der Waals surface area (Å²) in [5.74, 6) is 0.0725. The van der Waals surface area contributed by atoms with Crippen LogP contribution in [0.5, 0.6) is 0 Å². The van der Waals surface area contributed by atoms with Crippen LogP contribution in [0.2, 0.25) is 0 Å². The zero-order chi connectivity index (χ0) is 19.8. The summed E-state index contributed by atoms with van der Waals surface area (Å²) in [6.07, 6.45) is 4.61. The fourth-order valence-corrected chi connectivity index (χ4v) is 4.48. The van der Waals surface area contributed by atoms with Crippen molar-refractivity contribution in [3.05, 3.63) is 57.4 Å². The topological polar surface area (TPSA) is 72.4 Å². The molecule has 144 valence electrons. The molecule has 1 N–H and O–H groups in total. The zero-order valence-electron chi connectivity index (χ0n) is 16.3. The van der Waals surface area contributed by atoms with Gasteiger partial charge < -0.3 is 14.1 Å². The van der Waals surface area contributed by atoms with Crippen LogP contribution in [-0.2, 0) is 6.42 Å². The first kappa shape index (κ1) is 17.3. The molecule has 2 aliphatic rings. The number of hydrogen-bond acceptors (Lipinski definition) is 3. The van der Waals surface area contributed by atoms with E-state index in [1.165, 1.54) is 30.7 Å². The molecular weight excluding hydrogens is 354 g/mol. The predicted octanol–water partition coefficient (Wildman–Crippen LogP) is 4.98. The van der Waals surface area contributed by atoms with Gasteiger partial charge in [-0.05, 0) is 36.2 Å². The third kappa shape index (κ3) is 2.45. The minimum atomic E-state index is -1.20. The largest absolute Gasteiger partial charge is 0.477 e. The van der Waals surface area contributed by atoms with Gasteiger partial charge in [-0.2, -0.15) is 0 Å². The van der Waals surface area contributed by atoms with Crippen LogP contribution in [0, 0.1) is 5.41 Å². The monoisotopic (exact) mass is 377 g/mol. The maximum Gasteiger partial charge on any atom is 0.341 e. The van der Waals surface area contributed by atoms with Gasteiger partial charge in [-0.1, -0.05) is 39.0 Å². The molecule has 5 nitrogen and oxygen atoms in total. The van der Waals surface area contributed by atoms with E-state index in [1.54, 1.807) is 0 Å². The molecule has 0 saturated heterocycles. The third-order valence-electron chi connectivity index (χ3n) is 6.14. The molecule has 0 amide bonds. The molecule has 1 saturated carbocycles. The summed E-state index contributed by atoms with van der Waals surface area (Å²) < 4.78 is 8.30. The van der Waals surface area contributed by atoms with Gasteiger partial charge in [0.1, 0.15) is 11.1 Å². The molecule has 1 unspecified atom stereocenters. The van der Waals surface area contributed by atoms with Crippen LogP contribution in [0.1, 0.15) is 67.1 Å². The Morgan fingerprint density at radius 3 is 2.64 bits per heavy atom. The Morgan fingerprint density at radius 2 is 2.00 bits per heavy atom. The second-order valence-electron chi connectivity index (χ2n) is 9.14. The van der Waals surface area contributed by atoms with Crippen molar-refractivity contribution in [2.24, 2.45) is 5.41 Å². The second-order valence-corrected chi connectivity index (χ2v) is 9.14. The minimum Gasteiger partial charge on any atom is -0.477 e. The number of carbonyl (C=O) groups is 1. The maximum absolute atomic E-state index is 12.5. The molecule has 1 aliphatic carbocycles. The van der Waals surface area contributed by atoms with E-state index < -0.39 is 11.4 Å².